The van der Waals surface area contributed by atoms with Gasteiger partial charge in [-0.1, -0.05) is 48.1 Å². The molecule has 5 nitrogen and oxygen atoms in total. The molecule has 0 aliphatic carbocycles. The van der Waals surface area contributed by atoms with Crippen molar-refractivity contribution in [1.29, 1.82) is 5.26 Å². The number of hydrogen-bond donors (Lipinski definition) is 0. The second-order valence-corrected chi connectivity index (χ2v) is 7.60. The SMILES string of the molecule is CCCS(=O)(=O)ON=C1C=CC(=C(C#N)c2ccccc2C)S1. The fraction of sp³-hybridized carbons (Fsp3) is 0.250. The summed E-state index contributed by atoms with van der Waals surface area (Å²) in [4.78, 5) is 0.719. The summed E-state index contributed by atoms with van der Waals surface area (Å²) in [6.07, 6.45) is 3.84. The lowest BCUT2D eigenvalue weighted by Crippen LogP contribution is -2.06. The van der Waals surface area contributed by atoms with E-state index in [-0.39, 0.29) is 5.75 Å². The molecule has 2 rings (SSSR count). The van der Waals surface area contributed by atoms with Gasteiger partial charge < -0.3 is 0 Å². The van der Waals surface area contributed by atoms with Crippen LogP contribution in [-0.4, -0.2) is 19.2 Å². The Kier molecular flexibility index (Phi) is 5.64. The van der Waals surface area contributed by atoms with Crippen molar-refractivity contribution in [3.05, 3.63) is 52.4 Å². The Balaban J connectivity index is 2.23. The predicted molar refractivity (Wildman–Crippen MR) is 93.0 cm³/mol. The lowest BCUT2D eigenvalue weighted by molar-refractivity contribution is 0.340. The van der Waals surface area contributed by atoms with Crippen LogP contribution >= 0.6 is 11.8 Å². The van der Waals surface area contributed by atoms with Crippen molar-refractivity contribution in [3.63, 3.8) is 0 Å². The quantitative estimate of drug-likeness (QED) is 0.600. The van der Waals surface area contributed by atoms with Gasteiger partial charge in [-0.05, 0) is 36.6 Å². The van der Waals surface area contributed by atoms with Crippen LogP contribution in [0.1, 0.15) is 24.5 Å². The van der Waals surface area contributed by atoms with Crippen LogP contribution in [0.25, 0.3) is 5.57 Å². The summed E-state index contributed by atoms with van der Waals surface area (Å²) in [5, 5.41) is 13.5. The van der Waals surface area contributed by atoms with E-state index in [9.17, 15) is 13.7 Å². The van der Waals surface area contributed by atoms with E-state index in [0.29, 0.717) is 17.0 Å². The molecular weight excluding hydrogens is 332 g/mol. The van der Waals surface area contributed by atoms with Crippen LogP contribution in [0.4, 0.5) is 0 Å². The molecule has 0 saturated carbocycles. The third-order valence-corrected chi connectivity index (χ3v) is 5.25. The highest BCUT2D eigenvalue weighted by atomic mass is 32.2. The molecule has 1 aliphatic heterocycles. The number of allylic oxidation sites excluding steroid dienone is 2. The normalized spacial score (nSPS) is 18.0. The van der Waals surface area contributed by atoms with E-state index in [1.807, 2.05) is 31.2 Å². The van der Waals surface area contributed by atoms with E-state index < -0.39 is 10.1 Å². The van der Waals surface area contributed by atoms with E-state index in [0.717, 1.165) is 16.0 Å². The smallest absolute Gasteiger partial charge is 0.267 e. The number of hydrogen-bond acceptors (Lipinski definition) is 6. The first-order valence-corrected chi connectivity index (χ1v) is 9.42. The maximum absolute atomic E-state index is 11.5. The Labute approximate surface area is 140 Å². The molecule has 0 unspecified atom stereocenters. The Morgan fingerprint density at radius 3 is 2.74 bits per heavy atom. The maximum atomic E-state index is 11.5. The van der Waals surface area contributed by atoms with Crippen LogP contribution in [0.3, 0.4) is 0 Å². The van der Waals surface area contributed by atoms with Crippen LogP contribution in [-0.2, 0) is 14.4 Å². The van der Waals surface area contributed by atoms with Crippen molar-refractivity contribution >= 4 is 32.5 Å². The van der Waals surface area contributed by atoms with Crippen LogP contribution in [0.5, 0.6) is 0 Å². The molecule has 0 radical (unpaired) electrons. The monoisotopic (exact) mass is 348 g/mol. The lowest BCUT2D eigenvalue weighted by atomic mass is 10.0. The van der Waals surface area contributed by atoms with Crippen molar-refractivity contribution in [2.24, 2.45) is 5.16 Å². The van der Waals surface area contributed by atoms with Gasteiger partial charge in [0.05, 0.1) is 11.3 Å². The second kappa shape index (κ2) is 7.49. The molecule has 0 spiro atoms. The predicted octanol–water partition coefficient (Wildman–Crippen LogP) is 3.60. The van der Waals surface area contributed by atoms with Crippen molar-refractivity contribution in [3.8, 4) is 6.07 Å². The van der Waals surface area contributed by atoms with Crippen molar-refractivity contribution in [2.75, 3.05) is 5.75 Å². The summed E-state index contributed by atoms with van der Waals surface area (Å²) >= 11 is 1.21. The number of aryl methyl sites for hydroxylation is 1. The van der Waals surface area contributed by atoms with E-state index in [2.05, 4.69) is 15.5 Å². The molecule has 0 aromatic heterocycles. The fourth-order valence-electron chi connectivity index (χ4n) is 1.99. The largest absolute Gasteiger partial charge is 0.328 e. The van der Waals surface area contributed by atoms with Gasteiger partial charge in [0.1, 0.15) is 11.1 Å². The zero-order valence-corrected chi connectivity index (χ0v) is 14.4. The highest BCUT2D eigenvalue weighted by molar-refractivity contribution is 8.18. The number of nitriles is 1. The first kappa shape index (κ1) is 17.3. The van der Waals surface area contributed by atoms with E-state index in [4.69, 9.17) is 0 Å². The zero-order chi connectivity index (χ0) is 16.9. The minimum atomic E-state index is -3.64. The van der Waals surface area contributed by atoms with Crippen molar-refractivity contribution < 1.29 is 12.7 Å². The molecule has 1 heterocycles. The zero-order valence-electron chi connectivity index (χ0n) is 12.8. The third-order valence-electron chi connectivity index (χ3n) is 3.06. The van der Waals surface area contributed by atoms with Crippen molar-refractivity contribution in [1.82, 2.24) is 0 Å². The van der Waals surface area contributed by atoms with Crippen molar-refractivity contribution in [2.45, 2.75) is 20.3 Å². The number of rotatable bonds is 5. The number of benzene rings is 1. The molecule has 7 heteroatoms. The molecule has 0 amide bonds. The molecular formula is C16H16N2O3S2. The first-order chi connectivity index (χ1) is 11.0. The topological polar surface area (TPSA) is 79.5 Å². The standard InChI is InChI=1S/C16H16N2O3S2/c1-3-10-23(19,20)21-18-16-9-8-15(22-16)14(11-17)13-7-5-4-6-12(13)2/h4-9H,3,10H2,1-2H3. The van der Waals surface area contributed by atoms with Gasteiger partial charge in [-0.15, -0.1) is 0 Å². The Hall–Kier alpha value is -2.04. The number of nitrogens with zero attached hydrogens (tertiary/aromatic N) is 2. The van der Waals surface area contributed by atoms with Gasteiger partial charge in [0, 0.05) is 4.91 Å². The first-order valence-electron chi connectivity index (χ1n) is 7.02. The number of oxime groups is 1. The Bertz CT molecular complexity index is 831. The molecule has 1 aromatic carbocycles. The van der Waals surface area contributed by atoms with E-state index in [1.54, 1.807) is 19.1 Å². The Morgan fingerprint density at radius 2 is 2.09 bits per heavy atom. The average molecular weight is 348 g/mol. The minimum Gasteiger partial charge on any atom is -0.267 e. The molecule has 0 bridgehead atoms. The number of thioether (sulfide) groups is 1. The van der Waals surface area contributed by atoms with Crippen LogP contribution < -0.4 is 0 Å². The summed E-state index contributed by atoms with van der Waals surface area (Å²) < 4.78 is 27.6. The third kappa shape index (κ3) is 4.47. The summed E-state index contributed by atoms with van der Waals surface area (Å²) in [7, 11) is -3.64. The van der Waals surface area contributed by atoms with Gasteiger partial charge in [-0.25, -0.2) is 0 Å². The molecule has 1 aliphatic rings. The average Bonchev–Trinajstić information content (AvgIpc) is 2.97. The summed E-state index contributed by atoms with van der Waals surface area (Å²) in [5.74, 6) is -0.0759. The summed E-state index contributed by atoms with van der Waals surface area (Å²) in [6.45, 7) is 3.69. The maximum Gasteiger partial charge on any atom is 0.328 e. The van der Waals surface area contributed by atoms with Crippen LogP contribution in [0, 0.1) is 18.3 Å². The van der Waals surface area contributed by atoms with Gasteiger partial charge in [0.15, 0.2) is 0 Å². The molecule has 1 aromatic rings. The molecule has 0 saturated heterocycles. The summed E-state index contributed by atoms with van der Waals surface area (Å²) in [5.41, 5.74) is 2.38. The van der Waals surface area contributed by atoms with Crippen LogP contribution in [0.15, 0.2) is 46.5 Å². The van der Waals surface area contributed by atoms with Gasteiger partial charge >= 0.3 is 10.1 Å². The van der Waals surface area contributed by atoms with Gasteiger partial charge in [-0.3, -0.25) is 4.28 Å². The molecule has 23 heavy (non-hydrogen) atoms. The van der Waals surface area contributed by atoms with Gasteiger partial charge in [0.2, 0.25) is 0 Å². The highest BCUT2D eigenvalue weighted by Gasteiger charge is 2.18. The summed E-state index contributed by atoms with van der Waals surface area (Å²) in [6, 6.07) is 9.81. The fourth-order valence-corrected chi connectivity index (χ4v) is 3.64. The van der Waals surface area contributed by atoms with E-state index in [1.165, 1.54) is 11.8 Å². The van der Waals surface area contributed by atoms with Gasteiger partial charge in [0.25, 0.3) is 0 Å². The minimum absolute atomic E-state index is 0.0759. The second-order valence-electron chi connectivity index (χ2n) is 4.87. The molecule has 120 valence electrons. The van der Waals surface area contributed by atoms with Gasteiger partial charge in [-0.2, -0.15) is 13.7 Å². The molecule has 0 N–H and O–H groups in total. The Morgan fingerprint density at radius 1 is 1.35 bits per heavy atom. The highest BCUT2D eigenvalue weighted by Crippen LogP contribution is 2.34. The lowest BCUT2D eigenvalue weighted by Gasteiger charge is -2.05. The molecule has 0 atom stereocenters. The van der Waals surface area contributed by atoms with Crippen LogP contribution in [0.2, 0.25) is 0 Å². The molecule has 0 fully saturated rings. The van der Waals surface area contributed by atoms with E-state index >= 15 is 0 Å².